The molecule has 3 aliphatic rings. The number of rotatable bonds is 2. The van der Waals surface area contributed by atoms with E-state index in [0.29, 0.717) is 11.3 Å². The summed E-state index contributed by atoms with van der Waals surface area (Å²) in [6.07, 6.45) is -7.14. The minimum absolute atomic E-state index is 0.0320. The van der Waals surface area contributed by atoms with Gasteiger partial charge in [-0.3, -0.25) is 0 Å². The third-order valence-corrected chi connectivity index (χ3v) is 7.72. The molecule has 0 spiro atoms. The lowest BCUT2D eigenvalue weighted by Crippen LogP contribution is -2.36. The maximum atomic E-state index is 13.5. The molecule has 2 aromatic carbocycles. The smallest absolute Gasteiger partial charge is 0.416 e. The zero-order chi connectivity index (χ0) is 23.9. The molecule has 0 radical (unpaired) electrons. The molecule has 5 atom stereocenters. The van der Waals surface area contributed by atoms with E-state index >= 15 is 0 Å². The summed E-state index contributed by atoms with van der Waals surface area (Å²) in [5.74, 6) is -0.853. The van der Waals surface area contributed by atoms with Crippen LogP contribution in [0.4, 0.5) is 32.0 Å². The van der Waals surface area contributed by atoms with Gasteiger partial charge in [-0.2, -0.15) is 26.3 Å². The van der Waals surface area contributed by atoms with E-state index in [9.17, 15) is 36.2 Å². The first-order valence-corrected chi connectivity index (χ1v) is 10.8. The molecule has 2 saturated carbocycles. The highest BCUT2D eigenvalue weighted by Crippen LogP contribution is 2.64. The van der Waals surface area contributed by atoms with Crippen molar-refractivity contribution in [2.45, 2.75) is 50.5 Å². The topological polar surface area (TPSA) is 49.3 Å². The van der Waals surface area contributed by atoms with E-state index in [0.717, 1.165) is 37.0 Å². The average molecular weight is 469 g/mol. The number of carbonyl (C=O) groups is 1. The summed E-state index contributed by atoms with van der Waals surface area (Å²) in [5.41, 5.74) is -0.818. The molecule has 0 saturated heterocycles. The molecule has 2 aromatic rings. The highest BCUT2D eigenvalue weighted by molar-refractivity contribution is 5.92. The molecule has 5 rings (SSSR count). The fraction of sp³-hybridized carbons (Fsp3) is 0.458. The number of aromatic carboxylic acids is 1. The second-order valence-electron chi connectivity index (χ2n) is 9.41. The van der Waals surface area contributed by atoms with Crippen LogP contribution in [0.25, 0.3) is 0 Å². The number of benzene rings is 2. The van der Waals surface area contributed by atoms with Crippen molar-refractivity contribution in [3.8, 4) is 0 Å². The van der Waals surface area contributed by atoms with Gasteiger partial charge in [0.25, 0.3) is 0 Å². The summed E-state index contributed by atoms with van der Waals surface area (Å²) in [6.45, 7) is 1.62. The number of anilines is 1. The standard InChI is InChI=1S/C24H21F6NO2/c1-10-16(22(32)33)4-5-17-18-11-2-3-12(6-11)19(18)21(31-20(10)17)13-7-14(23(25,26)27)9-15(8-13)24(28,29)30/h4-5,7-9,11-12,18-19,21,31H,2-3,6H2,1H3,(H,32,33)/t11-,12+,18-,19-,21+/m0/s1. The normalized spacial score (nSPS) is 28.3. The third-order valence-electron chi connectivity index (χ3n) is 7.72. The molecule has 2 N–H and O–H groups in total. The van der Waals surface area contributed by atoms with Crippen LogP contribution in [-0.4, -0.2) is 11.1 Å². The minimum atomic E-state index is -4.93. The lowest BCUT2D eigenvalue weighted by Gasteiger charge is -2.44. The lowest BCUT2D eigenvalue weighted by molar-refractivity contribution is -0.143. The fourth-order valence-electron chi connectivity index (χ4n) is 6.43. The maximum Gasteiger partial charge on any atom is 0.416 e. The first-order chi connectivity index (χ1) is 15.4. The largest absolute Gasteiger partial charge is 0.478 e. The number of carboxylic acids is 1. The van der Waals surface area contributed by atoms with E-state index < -0.39 is 35.5 Å². The van der Waals surface area contributed by atoms with Crippen LogP contribution in [-0.2, 0) is 12.4 Å². The van der Waals surface area contributed by atoms with Crippen LogP contribution in [0.15, 0.2) is 30.3 Å². The number of alkyl halides is 6. The fourth-order valence-corrected chi connectivity index (χ4v) is 6.43. The average Bonchev–Trinajstić information content (AvgIpc) is 3.34. The Balaban J connectivity index is 1.70. The van der Waals surface area contributed by atoms with Crippen molar-refractivity contribution in [1.82, 2.24) is 0 Å². The highest BCUT2D eigenvalue weighted by Gasteiger charge is 2.54. The molecule has 1 heterocycles. The number of halogens is 6. The Hall–Kier alpha value is -2.71. The Morgan fingerprint density at radius 2 is 1.58 bits per heavy atom. The molecule has 1 aliphatic heterocycles. The minimum Gasteiger partial charge on any atom is -0.478 e. The lowest BCUT2D eigenvalue weighted by atomic mass is 9.67. The van der Waals surface area contributed by atoms with Gasteiger partial charge in [-0.1, -0.05) is 6.07 Å². The van der Waals surface area contributed by atoms with Gasteiger partial charge in [0.2, 0.25) is 0 Å². The summed E-state index contributed by atoms with van der Waals surface area (Å²) in [5, 5.41) is 12.7. The monoisotopic (exact) mass is 469 g/mol. The Morgan fingerprint density at radius 3 is 2.15 bits per heavy atom. The van der Waals surface area contributed by atoms with Crippen molar-refractivity contribution in [1.29, 1.82) is 0 Å². The maximum absolute atomic E-state index is 13.5. The molecular formula is C24H21F6NO2. The zero-order valence-corrected chi connectivity index (χ0v) is 17.5. The van der Waals surface area contributed by atoms with Gasteiger partial charge in [0, 0.05) is 5.69 Å². The predicted molar refractivity (Wildman–Crippen MR) is 108 cm³/mol. The van der Waals surface area contributed by atoms with Gasteiger partial charge in [0.15, 0.2) is 0 Å². The predicted octanol–water partition coefficient (Wildman–Crippen LogP) is 7.03. The van der Waals surface area contributed by atoms with Gasteiger partial charge in [0.05, 0.1) is 22.7 Å². The van der Waals surface area contributed by atoms with Crippen LogP contribution in [0.1, 0.15) is 69.4 Å². The van der Waals surface area contributed by atoms with Gasteiger partial charge in [-0.15, -0.1) is 0 Å². The van der Waals surface area contributed by atoms with Crippen molar-refractivity contribution in [3.63, 3.8) is 0 Å². The van der Waals surface area contributed by atoms with Gasteiger partial charge in [-0.05, 0) is 90.8 Å². The summed E-state index contributed by atoms with van der Waals surface area (Å²) < 4.78 is 81.1. The molecule has 0 aromatic heterocycles. The van der Waals surface area contributed by atoms with E-state index in [2.05, 4.69) is 5.32 Å². The number of carboxylic acid groups (broad SMARTS) is 1. The molecule has 9 heteroatoms. The van der Waals surface area contributed by atoms with Gasteiger partial charge in [0.1, 0.15) is 0 Å². The summed E-state index contributed by atoms with van der Waals surface area (Å²) in [7, 11) is 0. The number of hydrogen-bond acceptors (Lipinski definition) is 2. The van der Waals surface area contributed by atoms with E-state index in [1.165, 1.54) is 6.07 Å². The molecule has 2 fully saturated rings. The summed E-state index contributed by atoms with van der Waals surface area (Å²) >= 11 is 0. The molecule has 2 aliphatic carbocycles. The molecule has 33 heavy (non-hydrogen) atoms. The van der Waals surface area contributed by atoms with E-state index in [4.69, 9.17) is 0 Å². The molecule has 0 amide bonds. The second kappa shape index (κ2) is 7.14. The number of nitrogens with one attached hydrogen (secondary N) is 1. The van der Waals surface area contributed by atoms with Crippen molar-refractivity contribution in [2.75, 3.05) is 5.32 Å². The Kier molecular flexibility index (Phi) is 4.78. The van der Waals surface area contributed by atoms with Crippen molar-refractivity contribution < 1.29 is 36.2 Å². The van der Waals surface area contributed by atoms with Crippen LogP contribution < -0.4 is 5.32 Å². The molecule has 0 unspecified atom stereocenters. The molecule has 176 valence electrons. The SMILES string of the molecule is Cc1c(C(=O)O)ccc2c1N[C@H](c1cc(C(F)(F)F)cc(C(F)(F)F)c1)[C@H]1[C@@H]3CC[C@@H](C3)[C@@H]21. The third kappa shape index (κ3) is 3.47. The van der Waals surface area contributed by atoms with Crippen LogP contribution in [0.5, 0.6) is 0 Å². The Labute approximate surface area is 185 Å². The number of fused-ring (bicyclic) bond motifs is 7. The highest BCUT2D eigenvalue weighted by atomic mass is 19.4. The van der Waals surface area contributed by atoms with E-state index in [1.54, 1.807) is 13.0 Å². The van der Waals surface area contributed by atoms with E-state index in [-0.39, 0.29) is 40.9 Å². The van der Waals surface area contributed by atoms with Crippen molar-refractivity contribution in [3.05, 3.63) is 63.7 Å². The first-order valence-electron chi connectivity index (χ1n) is 10.8. The van der Waals surface area contributed by atoms with Gasteiger partial charge < -0.3 is 10.4 Å². The zero-order valence-electron chi connectivity index (χ0n) is 17.5. The molecular weight excluding hydrogens is 448 g/mol. The van der Waals surface area contributed by atoms with Gasteiger partial charge >= 0.3 is 18.3 Å². The van der Waals surface area contributed by atoms with Crippen LogP contribution >= 0.6 is 0 Å². The Morgan fingerprint density at radius 1 is 0.970 bits per heavy atom. The van der Waals surface area contributed by atoms with Gasteiger partial charge in [-0.25, -0.2) is 4.79 Å². The Bertz CT molecular complexity index is 1110. The van der Waals surface area contributed by atoms with Crippen molar-refractivity contribution in [2.24, 2.45) is 17.8 Å². The van der Waals surface area contributed by atoms with Crippen LogP contribution in [0, 0.1) is 24.7 Å². The molecule has 3 nitrogen and oxygen atoms in total. The molecule has 2 bridgehead atoms. The van der Waals surface area contributed by atoms with Crippen molar-refractivity contribution >= 4 is 11.7 Å². The quantitative estimate of drug-likeness (QED) is 0.465. The summed E-state index contributed by atoms with van der Waals surface area (Å²) in [6, 6.07) is 4.26. The summed E-state index contributed by atoms with van der Waals surface area (Å²) in [4.78, 5) is 11.6. The second-order valence-corrected chi connectivity index (χ2v) is 9.41. The van der Waals surface area contributed by atoms with Crippen LogP contribution in [0.3, 0.4) is 0 Å². The van der Waals surface area contributed by atoms with Crippen LogP contribution in [0.2, 0.25) is 0 Å². The van der Waals surface area contributed by atoms with E-state index in [1.807, 2.05) is 0 Å². The first kappa shape index (κ1) is 22.1. The number of hydrogen-bond donors (Lipinski definition) is 2.